The summed E-state index contributed by atoms with van der Waals surface area (Å²) in [5.74, 6) is 0. The maximum Gasteiger partial charge on any atom is 0.330 e. The molecule has 8 heteroatoms. The summed E-state index contributed by atoms with van der Waals surface area (Å²) in [6.07, 6.45) is -4.73. The van der Waals surface area contributed by atoms with Crippen molar-refractivity contribution < 1.29 is 19.3 Å². The number of halogens is 1. The third kappa shape index (κ3) is 2.02. The number of nitrogens with zero attached hydrogens (tertiary/aromatic N) is 1. The summed E-state index contributed by atoms with van der Waals surface area (Å²) in [7, 11) is 0. The number of nitrogens with one attached hydrogen (secondary N) is 1. The van der Waals surface area contributed by atoms with Gasteiger partial charge in [-0.3, -0.25) is 14.3 Å². The number of alkyl halides is 1. The normalized spacial score (nSPS) is 32.9. The van der Waals surface area contributed by atoms with Gasteiger partial charge in [-0.1, -0.05) is 0 Å². The Labute approximate surface area is 94.1 Å². The van der Waals surface area contributed by atoms with Gasteiger partial charge in [-0.25, -0.2) is 9.18 Å². The van der Waals surface area contributed by atoms with Crippen LogP contribution in [0.4, 0.5) is 4.39 Å². The predicted octanol–water partition coefficient (Wildman–Crippen LogP) is -1.87. The van der Waals surface area contributed by atoms with Crippen molar-refractivity contribution in [1.29, 1.82) is 0 Å². The van der Waals surface area contributed by atoms with Gasteiger partial charge in [0.15, 0.2) is 12.4 Å². The minimum atomic E-state index is -1.85. The second-order valence-electron chi connectivity index (χ2n) is 3.70. The van der Waals surface area contributed by atoms with Crippen molar-refractivity contribution in [1.82, 2.24) is 9.55 Å². The molecule has 1 aromatic heterocycles. The van der Waals surface area contributed by atoms with Gasteiger partial charge in [0, 0.05) is 12.3 Å². The van der Waals surface area contributed by atoms with Crippen LogP contribution in [-0.2, 0) is 4.74 Å². The zero-order chi connectivity index (χ0) is 12.6. The van der Waals surface area contributed by atoms with Gasteiger partial charge in [-0.2, -0.15) is 0 Å². The van der Waals surface area contributed by atoms with Crippen LogP contribution in [0.25, 0.3) is 0 Å². The van der Waals surface area contributed by atoms with Crippen LogP contribution < -0.4 is 11.2 Å². The Kier molecular flexibility index (Phi) is 3.09. The first-order valence-electron chi connectivity index (χ1n) is 4.94. The lowest BCUT2D eigenvalue weighted by molar-refractivity contribution is -0.0491. The molecule has 2 rings (SSSR count). The van der Waals surface area contributed by atoms with E-state index in [1.165, 1.54) is 0 Å². The molecule has 94 valence electrons. The number of aromatic nitrogens is 2. The molecule has 1 aromatic rings. The molecule has 0 aromatic carbocycles. The molecule has 0 bridgehead atoms. The van der Waals surface area contributed by atoms with Crippen molar-refractivity contribution in [2.24, 2.45) is 0 Å². The fourth-order valence-corrected chi connectivity index (χ4v) is 1.71. The molecule has 2 heterocycles. The molecule has 1 unspecified atom stereocenters. The fourth-order valence-electron chi connectivity index (χ4n) is 1.71. The average Bonchev–Trinajstić information content (AvgIpc) is 2.57. The quantitative estimate of drug-likeness (QED) is 0.567. The number of aliphatic hydroxyl groups excluding tert-OH is 2. The van der Waals surface area contributed by atoms with Gasteiger partial charge in [0.05, 0.1) is 6.61 Å². The Balaban J connectivity index is 2.35. The fraction of sp³-hybridized carbons (Fsp3) is 0.556. The molecule has 7 nitrogen and oxygen atoms in total. The lowest BCUT2D eigenvalue weighted by atomic mass is 10.1. The second kappa shape index (κ2) is 4.40. The van der Waals surface area contributed by atoms with Crippen LogP contribution in [0, 0.1) is 0 Å². The van der Waals surface area contributed by atoms with Gasteiger partial charge >= 0.3 is 5.69 Å². The number of aromatic amines is 1. The lowest BCUT2D eigenvalue weighted by Crippen LogP contribution is -2.35. The smallest absolute Gasteiger partial charge is 0.330 e. The Hall–Kier alpha value is -1.51. The van der Waals surface area contributed by atoms with Gasteiger partial charge in [-0.15, -0.1) is 0 Å². The topological polar surface area (TPSA) is 105 Å². The minimum Gasteiger partial charge on any atom is -0.394 e. The standard InChI is InChI=1S/C9H11FN2O5/c10-6-7(15)4(3-13)17-8(6)12-2-1-5(14)11-9(12)16/h1-2,4,6-8,13,15H,3H2,(H,11,14,16)/t4-,6-,7?,8-/m1/s1. The molecule has 1 aliphatic heterocycles. The summed E-state index contributed by atoms with van der Waals surface area (Å²) in [5.41, 5.74) is -1.45. The van der Waals surface area contributed by atoms with Crippen molar-refractivity contribution >= 4 is 0 Å². The van der Waals surface area contributed by atoms with E-state index in [9.17, 15) is 19.1 Å². The first-order chi connectivity index (χ1) is 8.04. The van der Waals surface area contributed by atoms with Gasteiger partial charge in [0.2, 0.25) is 0 Å². The summed E-state index contributed by atoms with van der Waals surface area (Å²) in [5, 5.41) is 18.2. The summed E-state index contributed by atoms with van der Waals surface area (Å²) >= 11 is 0. The monoisotopic (exact) mass is 246 g/mol. The van der Waals surface area contributed by atoms with E-state index in [4.69, 9.17) is 9.84 Å². The summed E-state index contributed by atoms with van der Waals surface area (Å²) in [6.45, 7) is -0.559. The van der Waals surface area contributed by atoms with Gasteiger partial charge < -0.3 is 14.9 Å². The SMILES string of the molecule is O=c1ccn([C@@H]2O[C@H](CO)C(O)[C@H]2F)c(=O)[nH]1. The highest BCUT2D eigenvalue weighted by molar-refractivity contribution is 4.93. The zero-order valence-electron chi connectivity index (χ0n) is 8.62. The molecule has 0 radical (unpaired) electrons. The number of rotatable bonds is 2. The van der Waals surface area contributed by atoms with Crippen molar-refractivity contribution in [2.75, 3.05) is 6.61 Å². The lowest BCUT2D eigenvalue weighted by Gasteiger charge is -2.15. The van der Waals surface area contributed by atoms with Crippen LogP contribution in [0.3, 0.4) is 0 Å². The molecule has 0 aliphatic carbocycles. The Morgan fingerprint density at radius 2 is 2.24 bits per heavy atom. The van der Waals surface area contributed by atoms with Crippen LogP contribution in [0.1, 0.15) is 6.23 Å². The second-order valence-corrected chi connectivity index (χ2v) is 3.70. The molecule has 1 saturated heterocycles. The first kappa shape index (κ1) is 12.0. The molecule has 0 spiro atoms. The highest BCUT2D eigenvalue weighted by Gasteiger charge is 2.45. The van der Waals surface area contributed by atoms with E-state index in [1.807, 2.05) is 4.98 Å². The van der Waals surface area contributed by atoms with E-state index >= 15 is 0 Å². The molecule has 0 amide bonds. The number of ether oxygens (including phenoxy) is 1. The van der Waals surface area contributed by atoms with Crippen molar-refractivity contribution in [3.8, 4) is 0 Å². The van der Waals surface area contributed by atoms with E-state index in [1.54, 1.807) is 0 Å². The van der Waals surface area contributed by atoms with Crippen molar-refractivity contribution in [2.45, 2.75) is 24.6 Å². The van der Waals surface area contributed by atoms with Crippen LogP contribution in [0.5, 0.6) is 0 Å². The van der Waals surface area contributed by atoms with Gasteiger partial charge in [-0.05, 0) is 0 Å². The van der Waals surface area contributed by atoms with Crippen molar-refractivity contribution in [3.63, 3.8) is 0 Å². The molecule has 0 saturated carbocycles. The molecule has 3 N–H and O–H groups in total. The van der Waals surface area contributed by atoms with Crippen LogP contribution in [0.15, 0.2) is 21.9 Å². The average molecular weight is 246 g/mol. The Morgan fingerprint density at radius 1 is 1.53 bits per heavy atom. The van der Waals surface area contributed by atoms with Crippen molar-refractivity contribution in [3.05, 3.63) is 33.1 Å². The van der Waals surface area contributed by atoms with Crippen LogP contribution in [-0.4, -0.2) is 44.8 Å². The van der Waals surface area contributed by atoms with E-state index in [2.05, 4.69) is 0 Å². The number of aliphatic hydroxyl groups is 2. The Bertz CT molecular complexity index is 513. The number of hydrogen-bond acceptors (Lipinski definition) is 5. The highest BCUT2D eigenvalue weighted by Crippen LogP contribution is 2.30. The summed E-state index contributed by atoms with van der Waals surface area (Å²) in [4.78, 5) is 24.2. The summed E-state index contributed by atoms with van der Waals surface area (Å²) < 4.78 is 19.5. The first-order valence-corrected chi connectivity index (χ1v) is 4.94. The molecular formula is C9H11FN2O5. The van der Waals surface area contributed by atoms with E-state index in [0.29, 0.717) is 0 Å². The van der Waals surface area contributed by atoms with E-state index in [0.717, 1.165) is 16.8 Å². The molecule has 17 heavy (non-hydrogen) atoms. The largest absolute Gasteiger partial charge is 0.394 e. The van der Waals surface area contributed by atoms with E-state index < -0.39 is 42.5 Å². The maximum atomic E-state index is 13.6. The van der Waals surface area contributed by atoms with Crippen LogP contribution >= 0.6 is 0 Å². The number of hydrogen-bond donors (Lipinski definition) is 3. The molecule has 4 atom stereocenters. The minimum absolute atomic E-state index is 0.559. The van der Waals surface area contributed by atoms with Gasteiger partial charge in [0.1, 0.15) is 12.2 Å². The maximum absolute atomic E-state index is 13.6. The molecule has 1 fully saturated rings. The Morgan fingerprint density at radius 3 is 2.76 bits per heavy atom. The molecule has 1 aliphatic rings. The third-order valence-corrected chi connectivity index (χ3v) is 2.60. The molecular weight excluding hydrogens is 235 g/mol. The predicted molar refractivity (Wildman–Crippen MR) is 53.2 cm³/mol. The van der Waals surface area contributed by atoms with Crippen LogP contribution in [0.2, 0.25) is 0 Å². The van der Waals surface area contributed by atoms with Gasteiger partial charge in [0.25, 0.3) is 5.56 Å². The number of H-pyrrole nitrogens is 1. The van der Waals surface area contributed by atoms with E-state index in [-0.39, 0.29) is 0 Å². The summed E-state index contributed by atoms with van der Waals surface area (Å²) in [6, 6.07) is 1.04. The third-order valence-electron chi connectivity index (χ3n) is 2.60. The highest BCUT2D eigenvalue weighted by atomic mass is 19.1. The zero-order valence-corrected chi connectivity index (χ0v) is 8.62.